The molecule has 0 N–H and O–H groups in total. The molecular weight excluding hydrogens is 537 g/mol. The second-order valence-electron chi connectivity index (χ2n) is 7.94. The predicted octanol–water partition coefficient (Wildman–Crippen LogP) is 7.48. The lowest BCUT2D eigenvalue weighted by molar-refractivity contribution is 0.0949. The van der Waals surface area contributed by atoms with Crippen LogP contribution >= 0.6 is 34.4 Å². The Hall–Kier alpha value is -2.70. The number of hydrogen-bond acceptors (Lipinski definition) is 3. The Kier molecular flexibility index (Phi) is 6.47. The minimum Gasteiger partial charge on any atom is -0.292 e. The lowest BCUT2D eigenvalue weighted by Crippen LogP contribution is -2.45. The van der Waals surface area contributed by atoms with Crippen LogP contribution in [0.1, 0.15) is 27.0 Å². The summed E-state index contributed by atoms with van der Waals surface area (Å²) in [5, 5.41) is 0.842. The number of halogens is 1. The summed E-state index contributed by atoms with van der Waals surface area (Å²) in [5.41, 5.74) is 3.70. The first-order chi connectivity index (χ1) is 16.2. The van der Waals surface area contributed by atoms with Gasteiger partial charge in [0.15, 0.2) is 5.78 Å². The van der Waals surface area contributed by atoms with E-state index in [0.29, 0.717) is 5.56 Å². The molecule has 162 valence electrons. The van der Waals surface area contributed by atoms with Crippen LogP contribution < -0.4 is 0 Å². The van der Waals surface area contributed by atoms with Gasteiger partial charge < -0.3 is 0 Å². The first-order valence-electron chi connectivity index (χ1n) is 10.9. The van der Waals surface area contributed by atoms with Crippen LogP contribution in [0.2, 0.25) is 0 Å². The molecule has 1 aliphatic heterocycles. The monoisotopic (exact) mass is 559 g/mol. The van der Waals surface area contributed by atoms with Gasteiger partial charge in [-0.15, -0.1) is 11.8 Å². The normalized spacial score (nSPS) is 14.5. The van der Waals surface area contributed by atoms with Crippen LogP contribution in [0.15, 0.2) is 114 Å². The predicted molar refractivity (Wildman–Crippen MR) is 147 cm³/mol. The maximum absolute atomic E-state index is 14.3. The smallest absolute Gasteiger partial charge is 0.186 e. The molecule has 4 aromatic carbocycles. The van der Waals surface area contributed by atoms with Crippen molar-refractivity contribution in [2.24, 2.45) is 4.99 Å². The third-order valence-electron chi connectivity index (χ3n) is 6.01. The average Bonchev–Trinajstić information content (AvgIpc) is 2.87. The number of aliphatic imine (C=N–C) groups is 1. The van der Waals surface area contributed by atoms with Crippen LogP contribution in [0.25, 0.3) is 0 Å². The van der Waals surface area contributed by atoms with Gasteiger partial charge in [-0.3, -0.25) is 4.79 Å². The molecule has 0 spiro atoms. The van der Waals surface area contributed by atoms with Gasteiger partial charge in [0.05, 0.1) is 10.7 Å². The molecular formula is C29H22INOS. The molecule has 0 aromatic heterocycles. The van der Waals surface area contributed by atoms with Crippen molar-refractivity contribution in [1.29, 1.82) is 0 Å². The number of fused-ring (bicyclic) bond motifs is 1. The van der Waals surface area contributed by atoms with Crippen molar-refractivity contribution >= 4 is 50.9 Å². The summed E-state index contributed by atoms with van der Waals surface area (Å²) in [6, 6.07) is 36.4. The van der Waals surface area contributed by atoms with E-state index in [9.17, 15) is 4.79 Å². The Bertz CT molecular complexity index is 1280. The largest absolute Gasteiger partial charge is 0.292 e. The van der Waals surface area contributed by atoms with Gasteiger partial charge >= 0.3 is 0 Å². The molecule has 1 aliphatic rings. The molecule has 0 aliphatic carbocycles. The van der Waals surface area contributed by atoms with Crippen molar-refractivity contribution in [1.82, 2.24) is 0 Å². The summed E-state index contributed by atoms with van der Waals surface area (Å²) < 4.78 is 1.26. The number of Topliss-reactive ketones (excluding diaryl/α,β-unsaturated/α-hetero) is 1. The minimum absolute atomic E-state index is 0.0855. The number of carbonyl (C=O) groups is 1. The molecule has 2 nitrogen and oxygen atoms in total. The molecule has 0 radical (unpaired) electrons. The highest BCUT2D eigenvalue weighted by atomic mass is 127. The molecule has 0 saturated carbocycles. The maximum Gasteiger partial charge on any atom is 0.186 e. The summed E-state index contributed by atoms with van der Waals surface area (Å²) in [6.45, 7) is 0. The molecule has 0 atom stereocenters. The van der Waals surface area contributed by atoms with E-state index in [1.165, 1.54) is 9.13 Å². The van der Waals surface area contributed by atoms with Gasteiger partial charge in [0.2, 0.25) is 0 Å². The highest BCUT2D eigenvalue weighted by molar-refractivity contribution is 14.1. The Morgan fingerprint density at radius 2 is 1.30 bits per heavy atom. The SMILES string of the molecule is O=C1c2ccccc2N=C(SCCc2ccccc2I)C1(c1ccccc1)c1ccccc1. The van der Waals surface area contributed by atoms with Gasteiger partial charge in [-0.05, 0) is 63.9 Å². The average molecular weight is 559 g/mol. The molecule has 1 heterocycles. The van der Waals surface area contributed by atoms with Crippen LogP contribution in [0, 0.1) is 3.57 Å². The van der Waals surface area contributed by atoms with Crippen molar-refractivity contribution in [3.8, 4) is 0 Å². The maximum atomic E-state index is 14.3. The van der Waals surface area contributed by atoms with E-state index in [4.69, 9.17) is 4.99 Å². The van der Waals surface area contributed by atoms with Gasteiger partial charge in [0.1, 0.15) is 5.41 Å². The van der Waals surface area contributed by atoms with E-state index in [1.807, 2.05) is 60.7 Å². The molecule has 0 unspecified atom stereocenters. The third-order valence-corrected chi connectivity index (χ3v) is 8.15. The molecule has 4 aromatic rings. The fraction of sp³-hybridized carbons (Fsp3) is 0.103. The van der Waals surface area contributed by atoms with Gasteiger partial charge in [0.25, 0.3) is 0 Å². The zero-order chi connectivity index (χ0) is 22.7. The number of carbonyl (C=O) groups excluding carboxylic acids is 1. The second kappa shape index (κ2) is 9.65. The lowest BCUT2D eigenvalue weighted by atomic mass is 9.68. The fourth-order valence-corrected chi connectivity index (χ4v) is 6.29. The highest BCUT2D eigenvalue weighted by Crippen LogP contribution is 2.46. The van der Waals surface area contributed by atoms with E-state index in [0.717, 1.165) is 34.0 Å². The van der Waals surface area contributed by atoms with Gasteiger partial charge in [-0.1, -0.05) is 91.0 Å². The molecule has 4 heteroatoms. The van der Waals surface area contributed by atoms with Gasteiger partial charge in [-0.2, -0.15) is 0 Å². The Balaban J connectivity index is 1.65. The van der Waals surface area contributed by atoms with E-state index < -0.39 is 5.41 Å². The van der Waals surface area contributed by atoms with E-state index in [-0.39, 0.29) is 5.78 Å². The van der Waals surface area contributed by atoms with Crippen LogP contribution in [0.5, 0.6) is 0 Å². The summed E-state index contributed by atoms with van der Waals surface area (Å²) >= 11 is 4.08. The van der Waals surface area contributed by atoms with Crippen LogP contribution in [-0.2, 0) is 11.8 Å². The quantitative estimate of drug-likeness (QED) is 0.237. The highest BCUT2D eigenvalue weighted by Gasteiger charge is 2.49. The topological polar surface area (TPSA) is 29.4 Å². The van der Waals surface area contributed by atoms with Crippen molar-refractivity contribution in [2.75, 3.05) is 5.75 Å². The Morgan fingerprint density at radius 3 is 1.97 bits per heavy atom. The molecule has 0 fully saturated rings. The van der Waals surface area contributed by atoms with E-state index in [1.54, 1.807) is 11.8 Å². The zero-order valence-electron chi connectivity index (χ0n) is 17.9. The van der Waals surface area contributed by atoms with E-state index >= 15 is 0 Å². The van der Waals surface area contributed by atoms with Crippen molar-refractivity contribution in [3.63, 3.8) is 0 Å². The summed E-state index contributed by atoms with van der Waals surface area (Å²) in [4.78, 5) is 19.5. The number of thioether (sulfide) groups is 1. The molecule has 5 rings (SSSR count). The first kappa shape index (κ1) is 22.1. The number of rotatable bonds is 5. The Labute approximate surface area is 212 Å². The molecule has 0 saturated heterocycles. The third kappa shape index (κ3) is 4.06. The van der Waals surface area contributed by atoms with Gasteiger partial charge in [-0.25, -0.2) is 4.99 Å². The summed E-state index contributed by atoms with van der Waals surface area (Å²) in [5.74, 6) is 0.928. The standard InChI is InChI=1S/C29H22INOS/c30-25-17-9-7-11-21(25)19-20-33-28-29(22-12-3-1-4-13-22,23-14-5-2-6-15-23)27(32)24-16-8-10-18-26(24)31-28/h1-18H,19-20H2. The zero-order valence-corrected chi connectivity index (χ0v) is 20.9. The molecule has 0 amide bonds. The summed E-state index contributed by atoms with van der Waals surface area (Å²) in [7, 11) is 0. The fourth-order valence-electron chi connectivity index (χ4n) is 4.41. The Morgan fingerprint density at radius 1 is 0.727 bits per heavy atom. The summed E-state index contributed by atoms with van der Waals surface area (Å²) in [6.07, 6.45) is 0.915. The van der Waals surface area contributed by atoms with Gasteiger partial charge in [0, 0.05) is 14.9 Å². The molecule has 33 heavy (non-hydrogen) atoms. The first-order valence-corrected chi connectivity index (χ1v) is 13.0. The minimum atomic E-state index is -0.953. The number of aryl methyl sites for hydroxylation is 1. The van der Waals surface area contributed by atoms with Crippen LogP contribution in [0.4, 0.5) is 5.69 Å². The number of hydrogen-bond donors (Lipinski definition) is 0. The van der Waals surface area contributed by atoms with Crippen molar-refractivity contribution in [3.05, 3.63) is 135 Å². The molecule has 0 bridgehead atoms. The van der Waals surface area contributed by atoms with Crippen LogP contribution in [0.3, 0.4) is 0 Å². The second-order valence-corrected chi connectivity index (χ2v) is 10.2. The van der Waals surface area contributed by atoms with Crippen LogP contribution in [-0.4, -0.2) is 16.6 Å². The number of nitrogens with zero attached hydrogens (tertiary/aromatic N) is 1. The number of benzene rings is 4. The van der Waals surface area contributed by atoms with E-state index in [2.05, 4.69) is 71.1 Å². The van der Waals surface area contributed by atoms with Crippen molar-refractivity contribution in [2.45, 2.75) is 11.8 Å². The number of ketones is 1. The lowest BCUT2D eigenvalue weighted by Gasteiger charge is -2.37. The van der Waals surface area contributed by atoms with Crippen molar-refractivity contribution < 1.29 is 4.79 Å². The number of para-hydroxylation sites is 1.